The summed E-state index contributed by atoms with van der Waals surface area (Å²) < 4.78 is 0. The van der Waals surface area contributed by atoms with E-state index >= 15 is 0 Å². The van der Waals surface area contributed by atoms with Gasteiger partial charge in [0.2, 0.25) is 0 Å². The molecular weight excluding hydrogens is 158 g/mol. The van der Waals surface area contributed by atoms with Crippen molar-refractivity contribution < 1.29 is 0 Å². The molecule has 78 valence electrons. The van der Waals surface area contributed by atoms with Gasteiger partial charge < -0.3 is 5.73 Å². The second-order valence-electron chi connectivity index (χ2n) is 5.01. The summed E-state index contributed by atoms with van der Waals surface area (Å²) in [4.78, 5) is 0. The lowest BCUT2D eigenvalue weighted by Crippen LogP contribution is -2.23. The molecule has 1 fully saturated rings. The highest BCUT2D eigenvalue weighted by Gasteiger charge is 2.24. The van der Waals surface area contributed by atoms with Crippen LogP contribution in [0.15, 0.2) is 0 Å². The Morgan fingerprint density at radius 3 is 2.31 bits per heavy atom. The Hall–Kier alpha value is -0.0400. The van der Waals surface area contributed by atoms with Crippen molar-refractivity contribution in [1.82, 2.24) is 0 Å². The molecule has 1 saturated carbocycles. The number of hydrogen-bond acceptors (Lipinski definition) is 1. The van der Waals surface area contributed by atoms with E-state index in [4.69, 9.17) is 5.73 Å². The van der Waals surface area contributed by atoms with Gasteiger partial charge in [-0.2, -0.15) is 0 Å². The smallest absolute Gasteiger partial charge is 0.00745 e. The fraction of sp³-hybridized carbons (Fsp3) is 1.00. The Kier molecular flexibility index (Phi) is 4.79. The molecule has 2 unspecified atom stereocenters. The van der Waals surface area contributed by atoms with Gasteiger partial charge in [0.1, 0.15) is 0 Å². The van der Waals surface area contributed by atoms with Crippen LogP contribution in [0.4, 0.5) is 0 Å². The van der Waals surface area contributed by atoms with Gasteiger partial charge in [-0.05, 0) is 37.1 Å². The zero-order valence-electron chi connectivity index (χ0n) is 9.26. The lowest BCUT2D eigenvalue weighted by molar-refractivity contribution is 0.196. The maximum Gasteiger partial charge on any atom is -0.00745 e. The first-order valence-corrected chi connectivity index (χ1v) is 5.94. The van der Waals surface area contributed by atoms with Gasteiger partial charge in [-0.3, -0.25) is 0 Å². The largest absolute Gasteiger partial charge is 0.330 e. The van der Waals surface area contributed by atoms with Crippen molar-refractivity contribution in [3.63, 3.8) is 0 Å². The van der Waals surface area contributed by atoms with Gasteiger partial charge in [-0.25, -0.2) is 0 Å². The Bertz CT molecular complexity index is 129. The van der Waals surface area contributed by atoms with Crippen LogP contribution >= 0.6 is 0 Å². The third-order valence-electron chi connectivity index (χ3n) is 3.38. The Morgan fingerprint density at radius 2 is 1.77 bits per heavy atom. The van der Waals surface area contributed by atoms with Gasteiger partial charge in [0.25, 0.3) is 0 Å². The average Bonchev–Trinajstić information content (AvgIpc) is 2.08. The minimum Gasteiger partial charge on any atom is -0.330 e. The summed E-state index contributed by atoms with van der Waals surface area (Å²) in [5.74, 6) is 2.79. The first kappa shape index (κ1) is 11.0. The molecule has 13 heavy (non-hydrogen) atoms. The topological polar surface area (TPSA) is 26.0 Å². The van der Waals surface area contributed by atoms with E-state index in [9.17, 15) is 0 Å². The highest BCUT2D eigenvalue weighted by atomic mass is 14.5. The zero-order valence-corrected chi connectivity index (χ0v) is 9.26. The van der Waals surface area contributed by atoms with Gasteiger partial charge in [-0.15, -0.1) is 0 Å². The van der Waals surface area contributed by atoms with Crippen molar-refractivity contribution >= 4 is 0 Å². The molecule has 0 aliphatic heterocycles. The Balaban J connectivity index is 2.36. The molecule has 0 aromatic carbocycles. The monoisotopic (exact) mass is 183 g/mol. The summed E-state index contributed by atoms with van der Waals surface area (Å²) in [6, 6.07) is 0. The summed E-state index contributed by atoms with van der Waals surface area (Å²) in [7, 11) is 0. The molecular formula is C12H25N. The third kappa shape index (κ3) is 3.68. The van der Waals surface area contributed by atoms with E-state index in [1.807, 2.05) is 0 Å². The van der Waals surface area contributed by atoms with Crippen molar-refractivity contribution in [2.75, 3.05) is 6.54 Å². The first-order valence-electron chi connectivity index (χ1n) is 5.94. The fourth-order valence-electron chi connectivity index (χ4n) is 2.79. The lowest BCUT2D eigenvalue weighted by Gasteiger charge is -2.32. The molecule has 1 nitrogen and oxygen atoms in total. The Morgan fingerprint density at radius 1 is 1.15 bits per heavy atom. The molecule has 0 radical (unpaired) electrons. The zero-order chi connectivity index (χ0) is 9.68. The van der Waals surface area contributed by atoms with Crippen LogP contribution in [0, 0.1) is 17.8 Å². The van der Waals surface area contributed by atoms with Gasteiger partial charge in [0.15, 0.2) is 0 Å². The molecule has 2 N–H and O–H groups in total. The second kappa shape index (κ2) is 5.64. The molecule has 0 bridgehead atoms. The molecule has 0 aromatic heterocycles. The fourth-order valence-corrected chi connectivity index (χ4v) is 2.79. The Labute approximate surface area is 83.1 Å². The summed E-state index contributed by atoms with van der Waals surface area (Å²) in [6.45, 7) is 5.57. The molecule has 1 heteroatoms. The van der Waals surface area contributed by atoms with E-state index in [1.54, 1.807) is 0 Å². The third-order valence-corrected chi connectivity index (χ3v) is 3.38. The van der Waals surface area contributed by atoms with Crippen LogP contribution in [0.5, 0.6) is 0 Å². The van der Waals surface area contributed by atoms with Crippen LogP contribution in [-0.4, -0.2) is 6.54 Å². The van der Waals surface area contributed by atoms with Crippen molar-refractivity contribution in [2.45, 2.75) is 52.4 Å². The first-order chi connectivity index (χ1) is 6.24. The van der Waals surface area contributed by atoms with Crippen molar-refractivity contribution in [3.05, 3.63) is 0 Å². The van der Waals surface area contributed by atoms with Crippen LogP contribution in [0.1, 0.15) is 52.4 Å². The van der Waals surface area contributed by atoms with E-state index in [0.717, 1.165) is 24.3 Å². The summed E-state index contributed by atoms with van der Waals surface area (Å²) >= 11 is 0. The van der Waals surface area contributed by atoms with Crippen molar-refractivity contribution in [1.29, 1.82) is 0 Å². The minimum absolute atomic E-state index is 0.864. The predicted octanol–water partition coefficient (Wildman–Crippen LogP) is 3.19. The standard InChI is InChI=1S/C12H25N/c1-10(2)9-12-6-4-3-5-11(12)7-8-13/h10-12H,3-9,13H2,1-2H3. The second-order valence-corrected chi connectivity index (χ2v) is 5.01. The number of nitrogens with two attached hydrogens (primary N) is 1. The van der Waals surface area contributed by atoms with Crippen LogP contribution in [0.25, 0.3) is 0 Å². The normalized spacial score (nSPS) is 29.5. The molecule has 0 heterocycles. The van der Waals surface area contributed by atoms with E-state index in [0.29, 0.717) is 0 Å². The van der Waals surface area contributed by atoms with Crippen LogP contribution in [0.2, 0.25) is 0 Å². The van der Waals surface area contributed by atoms with Gasteiger partial charge >= 0.3 is 0 Å². The van der Waals surface area contributed by atoms with Crippen molar-refractivity contribution in [3.8, 4) is 0 Å². The highest BCUT2D eigenvalue weighted by Crippen LogP contribution is 2.35. The van der Waals surface area contributed by atoms with Crippen molar-refractivity contribution in [2.24, 2.45) is 23.5 Å². The molecule has 2 atom stereocenters. The molecule has 0 saturated heterocycles. The van der Waals surface area contributed by atoms with Crippen LogP contribution in [-0.2, 0) is 0 Å². The summed E-state index contributed by atoms with van der Waals surface area (Å²) in [5.41, 5.74) is 5.65. The maximum atomic E-state index is 5.65. The van der Waals surface area contributed by atoms with Gasteiger partial charge in [0.05, 0.1) is 0 Å². The SMILES string of the molecule is CC(C)CC1CCCCC1CCN. The quantitative estimate of drug-likeness (QED) is 0.711. The lowest BCUT2D eigenvalue weighted by atomic mass is 9.74. The highest BCUT2D eigenvalue weighted by molar-refractivity contribution is 4.76. The van der Waals surface area contributed by atoms with E-state index < -0.39 is 0 Å². The number of rotatable bonds is 4. The predicted molar refractivity (Wildman–Crippen MR) is 58.6 cm³/mol. The molecule has 1 aliphatic carbocycles. The van der Waals surface area contributed by atoms with Crippen LogP contribution in [0.3, 0.4) is 0 Å². The van der Waals surface area contributed by atoms with E-state index in [-0.39, 0.29) is 0 Å². The molecule has 0 aromatic rings. The summed E-state index contributed by atoms with van der Waals surface area (Å²) in [5, 5.41) is 0. The van der Waals surface area contributed by atoms with E-state index in [2.05, 4.69) is 13.8 Å². The van der Waals surface area contributed by atoms with Crippen LogP contribution < -0.4 is 5.73 Å². The molecule has 0 spiro atoms. The maximum absolute atomic E-state index is 5.65. The minimum atomic E-state index is 0.864. The average molecular weight is 183 g/mol. The summed E-state index contributed by atoms with van der Waals surface area (Å²) in [6.07, 6.45) is 8.48. The molecule has 1 rings (SSSR count). The van der Waals surface area contributed by atoms with Gasteiger partial charge in [-0.1, -0.05) is 39.5 Å². The molecule has 0 amide bonds. The van der Waals surface area contributed by atoms with E-state index in [1.165, 1.54) is 38.5 Å². The number of hydrogen-bond donors (Lipinski definition) is 1. The van der Waals surface area contributed by atoms with Gasteiger partial charge in [0, 0.05) is 0 Å². The molecule has 1 aliphatic rings.